The molecule has 1 rings (SSSR count). The van der Waals surface area contributed by atoms with Crippen molar-refractivity contribution in [3.63, 3.8) is 0 Å². The standard InChI is InChI=1S/C9H18N2O2S/c1-2-8(9(12)11-10)14-7-3-5-13-6-4-7/h7-8H,2-6,10H2,1H3,(H,11,12). The van der Waals surface area contributed by atoms with Gasteiger partial charge in [0.15, 0.2) is 0 Å². The Labute approximate surface area is 88.9 Å². The number of nitrogens with two attached hydrogens (primary N) is 1. The van der Waals surface area contributed by atoms with Crippen molar-refractivity contribution in [3.8, 4) is 0 Å². The SMILES string of the molecule is CCC(SC1CCOCC1)C(=O)NN. The lowest BCUT2D eigenvalue weighted by Gasteiger charge is -2.24. The van der Waals surface area contributed by atoms with Crippen molar-refractivity contribution in [2.75, 3.05) is 13.2 Å². The number of rotatable bonds is 4. The van der Waals surface area contributed by atoms with Gasteiger partial charge in [-0.15, -0.1) is 11.8 Å². The molecule has 0 radical (unpaired) electrons. The molecule has 1 heterocycles. The zero-order valence-corrected chi connectivity index (χ0v) is 9.31. The second-order valence-electron chi connectivity index (χ2n) is 3.35. The van der Waals surface area contributed by atoms with E-state index in [4.69, 9.17) is 10.6 Å². The van der Waals surface area contributed by atoms with Crippen molar-refractivity contribution in [1.82, 2.24) is 5.43 Å². The Kier molecular flexibility index (Phi) is 5.29. The predicted molar refractivity (Wildman–Crippen MR) is 57.8 cm³/mol. The van der Waals surface area contributed by atoms with Gasteiger partial charge in [-0.3, -0.25) is 10.2 Å². The Hall–Kier alpha value is -0.260. The second kappa shape index (κ2) is 6.27. The van der Waals surface area contributed by atoms with E-state index in [9.17, 15) is 4.79 Å². The first-order valence-electron chi connectivity index (χ1n) is 5.01. The highest BCUT2D eigenvalue weighted by Crippen LogP contribution is 2.27. The topological polar surface area (TPSA) is 64.3 Å². The molecular formula is C9H18N2O2S. The van der Waals surface area contributed by atoms with E-state index in [0.717, 1.165) is 32.5 Å². The van der Waals surface area contributed by atoms with E-state index in [0.29, 0.717) is 5.25 Å². The van der Waals surface area contributed by atoms with E-state index in [2.05, 4.69) is 5.43 Å². The van der Waals surface area contributed by atoms with Gasteiger partial charge in [0.1, 0.15) is 0 Å². The maximum Gasteiger partial charge on any atom is 0.246 e. The number of carbonyl (C=O) groups is 1. The van der Waals surface area contributed by atoms with Gasteiger partial charge in [0, 0.05) is 18.5 Å². The Bertz CT molecular complexity index is 184. The second-order valence-corrected chi connectivity index (χ2v) is 4.86. The molecule has 3 N–H and O–H groups in total. The number of hydrogen-bond acceptors (Lipinski definition) is 4. The minimum Gasteiger partial charge on any atom is -0.381 e. The molecule has 1 aliphatic heterocycles. The molecule has 1 unspecified atom stereocenters. The fourth-order valence-corrected chi connectivity index (χ4v) is 2.79. The molecular weight excluding hydrogens is 200 g/mol. The van der Waals surface area contributed by atoms with E-state index < -0.39 is 0 Å². The molecule has 1 saturated heterocycles. The number of ether oxygens (including phenoxy) is 1. The minimum absolute atomic E-state index is 0.0110. The van der Waals surface area contributed by atoms with E-state index in [-0.39, 0.29) is 11.2 Å². The summed E-state index contributed by atoms with van der Waals surface area (Å²) in [4.78, 5) is 11.3. The molecule has 14 heavy (non-hydrogen) atoms. The van der Waals surface area contributed by atoms with E-state index in [1.165, 1.54) is 0 Å². The first-order chi connectivity index (χ1) is 6.77. The third-order valence-electron chi connectivity index (χ3n) is 2.33. The normalized spacial score (nSPS) is 20.4. The summed E-state index contributed by atoms with van der Waals surface area (Å²) >= 11 is 1.73. The van der Waals surface area contributed by atoms with E-state index >= 15 is 0 Å². The van der Waals surface area contributed by atoms with Crippen LogP contribution in [0.25, 0.3) is 0 Å². The van der Waals surface area contributed by atoms with Crippen molar-refractivity contribution in [2.45, 2.75) is 36.7 Å². The average Bonchev–Trinajstić information content (AvgIpc) is 2.26. The molecule has 0 spiro atoms. The largest absolute Gasteiger partial charge is 0.381 e. The number of amides is 1. The lowest BCUT2D eigenvalue weighted by Crippen LogP contribution is -2.38. The third kappa shape index (κ3) is 3.48. The van der Waals surface area contributed by atoms with Crippen LogP contribution in [0, 0.1) is 0 Å². The van der Waals surface area contributed by atoms with Crippen LogP contribution in [0.4, 0.5) is 0 Å². The zero-order chi connectivity index (χ0) is 10.4. The monoisotopic (exact) mass is 218 g/mol. The fourth-order valence-electron chi connectivity index (χ4n) is 1.48. The summed E-state index contributed by atoms with van der Waals surface area (Å²) in [5, 5.41) is 0.536. The summed E-state index contributed by atoms with van der Waals surface area (Å²) in [6, 6.07) is 0. The Balaban J connectivity index is 2.34. The van der Waals surface area contributed by atoms with Gasteiger partial charge >= 0.3 is 0 Å². The Morgan fingerprint density at radius 2 is 2.29 bits per heavy atom. The smallest absolute Gasteiger partial charge is 0.246 e. The summed E-state index contributed by atoms with van der Waals surface area (Å²) < 4.78 is 5.26. The van der Waals surface area contributed by atoms with Gasteiger partial charge in [-0.05, 0) is 19.3 Å². The van der Waals surface area contributed by atoms with Gasteiger partial charge in [-0.1, -0.05) is 6.92 Å². The van der Waals surface area contributed by atoms with E-state index in [1.54, 1.807) is 11.8 Å². The highest BCUT2D eigenvalue weighted by Gasteiger charge is 2.22. The van der Waals surface area contributed by atoms with Gasteiger partial charge in [-0.2, -0.15) is 0 Å². The molecule has 1 fully saturated rings. The summed E-state index contributed by atoms with van der Waals surface area (Å²) in [7, 11) is 0. The molecule has 5 heteroatoms. The molecule has 4 nitrogen and oxygen atoms in total. The molecule has 1 amide bonds. The maximum atomic E-state index is 11.3. The number of carbonyl (C=O) groups excluding carboxylic acids is 1. The van der Waals surface area contributed by atoms with Crippen molar-refractivity contribution < 1.29 is 9.53 Å². The molecule has 0 aromatic heterocycles. The van der Waals surface area contributed by atoms with Crippen LogP contribution in [-0.2, 0) is 9.53 Å². The summed E-state index contributed by atoms with van der Waals surface area (Å²) in [5.74, 6) is 5.05. The molecule has 0 bridgehead atoms. The Morgan fingerprint density at radius 3 is 2.79 bits per heavy atom. The van der Waals surface area contributed by atoms with Crippen molar-refractivity contribution in [2.24, 2.45) is 5.84 Å². The van der Waals surface area contributed by atoms with Crippen LogP contribution in [0.2, 0.25) is 0 Å². The van der Waals surface area contributed by atoms with Crippen molar-refractivity contribution in [1.29, 1.82) is 0 Å². The summed E-state index contributed by atoms with van der Waals surface area (Å²) in [6.07, 6.45) is 2.91. The maximum absolute atomic E-state index is 11.3. The van der Waals surface area contributed by atoms with Gasteiger partial charge in [0.25, 0.3) is 0 Å². The minimum atomic E-state index is -0.0657. The highest BCUT2D eigenvalue weighted by atomic mass is 32.2. The number of thioether (sulfide) groups is 1. The van der Waals surface area contributed by atoms with Crippen LogP contribution >= 0.6 is 11.8 Å². The van der Waals surface area contributed by atoms with Gasteiger partial charge in [0.2, 0.25) is 5.91 Å². The lowest BCUT2D eigenvalue weighted by molar-refractivity contribution is -0.120. The van der Waals surface area contributed by atoms with Crippen LogP contribution in [-0.4, -0.2) is 29.6 Å². The first-order valence-corrected chi connectivity index (χ1v) is 5.95. The van der Waals surface area contributed by atoms with Crippen LogP contribution in [0.15, 0.2) is 0 Å². The van der Waals surface area contributed by atoms with Crippen LogP contribution in [0.5, 0.6) is 0 Å². The highest BCUT2D eigenvalue weighted by molar-refractivity contribution is 8.01. The van der Waals surface area contributed by atoms with Crippen molar-refractivity contribution >= 4 is 17.7 Å². The summed E-state index contributed by atoms with van der Waals surface area (Å²) in [6.45, 7) is 3.64. The molecule has 0 aromatic rings. The molecule has 0 aliphatic carbocycles. The number of hydrazine groups is 1. The first kappa shape index (κ1) is 11.8. The van der Waals surface area contributed by atoms with Crippen LogP contribution in [0.3, 0.4) is 0 Å². The zero-order valence-electron chi connectivity index (χ0n) is 8.49. The van der Waals surface area contributed by atoms with Gasteiger partial charge < -0.3 is 4.74 Å². The molecule has 1 atom stereocenters. The Morgan fingerprint density at radius 1 is 1.64 bits per heavy atom. The number of hydrogen-bond donors (Lipinski definition) is 2. The molecule has 1 aliphatic rings. The van der Waals surface area contributed by atoms with Crippen molar-refractivity contribution in [3.05, 3.63) is 0 Å². The van der Waals surface area contributed by atoms with Gasteiger partial charge in [0.05, 0.1) is 5.25 Å². The average molecular weight is 218 g/mol. The molecule has 0 saturated carbocycles. The summed E-state index contributed by atoms with van der Waals surface area (Å²) in [5.41, 5.74) is 2.21. The quantitative estimate of drug-likeness (QED) is 0.413. The third-order valence-corrected chi connectivity index (χ3v) is 4.06. The fraction of sp³-hybridized carbons (Fsp3) is 0.889. The van der Waals surface area contributed by atoms with Gasteiger partial charge in [-0.25, -0.2) is 5.84 Å². The molecule has 0 aromatic carbocycles. The lowest BCUT2D eigenvalue weighted by atomic mass is 10.2. The van der Waals surface area contributed by atoms with Crippen LogP contribution < -0.4 is 11.3 Å². The molecule has 82 valence electrons. The number of nitrogens with one attached hydrogen (secondary N) is 1. The predicted octanol–water partition coefficient (Wildman–Crippen LogP) is 0.667. The van der Waals surface area contributed by atoms with Crippen LogP contribution in [0.1, 0.15) is 26.2 Å². The van der Waals surface area contributed by atoms with E-state index in [1.807, 2.05) is 6.92 Å².